The topological polar surface area (TPSA) is 38.1 Å². The lowest BCUT2D eigenvalue weighted by Crippen LogP contribution is -2.39. The molecule has 0 spiro atoms. The van der Waals surface area contributed by atoms with E-state index in [1.807, 2.05) is 29.4 Å². The molecule has 1 fully saturated rings. The molecule has 4 nitrogen and oxygen atoms in total. The Bertz CT molecular complexity index is 879. The van der Waals surface area contributed by atoms with Crippen LogP contribution in [-0.4, -0.2) is 33.4 Å². The van der Waals surface area contributed by atoms with Gasteiger partial charge < -0.3 is 9.47 Å². The summed E-state index contributed by atoms with van der Waals surface area (Å²) in [5.74, 6) is 0.676. The number of nitrogens with zero attached hydrogens (tertiary/aromatic N) is 3. The summed E-state index contributed by atoms with van der Waals surface area (Å²) in [5, 5.41) is 0.655. The van der Waals surface area contributed by atoms with Gasteiger partial charge in [0.2, 0.25) is 0 Å². The molecule has 0 atom stereocenters. The lowest BCUT2D eigenvalue weighted by molar-refractivity contribution is 0.0683. The van der Waals surface area contributed by atoms with Crippen LogP contribution < -0.4 is 0 Å². The fourth-order valence-corrected chi connectivity index (χ4v) is 3.65. The van der Waals surface area contributed by atoms with E-state index in [1.165, 1.54) is 5.52 Å². The van der Waals surface area contributed by atoms with Crippen LogP contribution in [0.5, 0.6) is 0 Å². The molecule has 1 aliphatic heterocycles. The molecule has 0 saturated carbocycles. The standard InChI is InChI=1S/C20H20ClN3O/c21-17-7-5-16(6-8-17)20(25)23-11-9-15(10-12-23)13-24-14-22-18-3-1-2-4-19(18)24/h1-8,14-15H,9-13H2. The monoisotopic (exact) mass is 353 g/mol. The molecular weight excluding hydrogens is 334 g/mol. The second-order valence-corrected chi connectivity index (χ2v) is 7.06. The number of hydrogen-bond acceptors (Lipinski definition) is 2. The third-order valence-corrected chi connectivity index (χ3v) is 5.23. The number of imidazole rings is 1. The molecule has 3 aromatic rings. The van der Waals surface area contributed by atoms with E-state index in [9.17, 15) is 4.79 Å². The Morgan fingerprint density at radius 2 is 1.80 bits per heavy atom. The molecule has 2 heterocycles. The van der Waals surface area contributed by atoms with Crippen molar-refractivity contribution in [3.05, 3.63) is 65.4 Å². The molecule has 2 aromatic carbocycles. The first-order chi connectivity index (χ1) is 12.2. The number of piperidine rings is 1. The third kappa shape index (κ3) is 3.40. The maximum Gasteiger partial charge on any atom is 0.253 e. The van der Waals surface area contributed by atoms with E-state index in [0.29, 0.717) is 16.5 Å². The maximum absolute atomic E-state index is 12.6. The molecule has 1 aromatic heterocycles. The van der Waals surface area contributed by atoms with E-state index in [-0.39, 0.29) is 5.91 Å². The van der Waals surface area contributed by atoms with Crippen molar-refractivity contribution in [1.29, 1.82) is 0 Å². The highest BCUT2D eigenvalue weighted by Crippen LogP contribution is 2.23. The van der Waals surface area contributed by atoms with Crippen molar-refractivity contribution >= 4 is 28.5 Å². The molecule has 5 heteroatoms. The smallest absolute Gasteiger partial charge is 0.253 e. The molecule has 1 aliphatic rings. The van der Waals surface area contributed by atoms with Crippen LogP contribution in [0, 0.1) is 5.92 Å². The predicted molar refractivity (Wildman–Crippen MR) is 99.8 cm³/mol. The van der Waals surface area contributed by atoms with Crippen molar-refractivity contribution in [1.82, 2.24) is 14.5 Å². The Labute approximate surface area is 152 Å². The first-order valence-electron chi connectivity index (χ1n) is 8.65. The predicted octanol–water partition coefficient (Wildman–Crippen LogP) is 4.24. The van der Waals surface area contributed by atoms with Crippen molar-refractivity contribution in [3.63, 3.8) is 0 Å². The molecule has 1 saturated heterocycles. The molecule has 0 aliphatic carbocycles. The number of amides is 1. The number of rotatable bonds is 3. The molecule has 0 radical (unpaired) electrons. The van der Waals surface area contributed by atoms with Gasteiger partial charge in [0, 0.05) is 30.2 Å². The molecule has 0 unspecified atom stereocenters. The zero-order valence-electron chi connectivity index (χ0n) is 13.9. The SMILES string of the molecule is O=C(c1ccc(Cl)cc1)N1CCC(Cn2cnc3ccccc32)CC1. The number of para-hydroxylation sites is 2. The van der Waals surface area contributed by atoms with Crippen LogP contribution in [0.3, 0.4) is 0 Å². The van der Waals surface area contributed by atoms with Gasteiger partial charge in [-0.25, -0.2) is 4.98 Å². The van der Waals surface area contributed by atoms with Crippen LogP contribution in [0.4, 0.5) is 0 Å². The van der Waals surface area contributed by atoms with Gasteiger partial charge in [0.15, 0.2) is 0 Å². The van der Waals surface area contributed by atoms with Crippen molar-refractivity contribution in [3.8, 4) is 0 Å². The largest absolute Gasteiger partial charge is 0.339 e. The van der Waals surface area contributed by atoms with E-state index >= 15 is 0 Å². The van der Waals surface area contributed by atoms with Crippen LogP contribution in [0.25, 0.3) is 11.0 Å². The van der Waals surface area contributed by atoms with Crippen LogP contribution in [0.1, 0.15) is 23.2 Å². The van der Waals surface area contributed by atoms with Crippen molar-refractivity contribution < 1.29 is 4.79 Å². The van der Waals surface area contributed by atoms with Gasteiger partial charge in [-0.15, -0.1) is 0 Å². The minimum Gasteiger partial charge on any atom is -0.339 e. The first-order valence-corrected chi connectivity index (χ1v) is 9.03. The molecule has 0 N–H and O–H groups in total. The quantitative estimate of drug-likeness (QED) is 0.706. The van der Waals surface area contributed by atoms with Crippen molar-refractivity contribution in [2.75, 3.05) is 13.1 Å². The number of carbonyl (C=O) groups is 1. The van der Waals surface area contributed by atoms with Crippen LogP contribution in [-0.2, 0) is 6.54 Å². The Morgan fingerprint density at radius 3 is 2.56 bits per heavy atom. The molecule has 25 heavy (non-hydrogen) atoms. The molecule has 0 bridgehead atoms. The average molecular weight is 354 g/mol. The zero-order valence-corrected chi connectivity index (χ0v) is 14.7. The minimum absolute atomic E-state index is 0.100. The number of aromatic nitrogens is 2. The Balaban J connectivity index is 1.38. The Kier molecular flexibility index (Phi) is 4.45. The number of carbonyl (C=O) groups excluding carboxylic acids is 1. The molecular formula is C20H20ClN3O. The summed E-state index contributed by atoms with van der Waals surface area (Å²) in [6.45, 7) is 2.57. The minimum atomic E-state index is 0.100. The summed E-state index contributed by atoms with van der Waals surface area (Å²) < 4.78 is 2.23. The van der Waals surface area contributed by atoms with Gasteiger partial charge in [0.05, 0.1) is 17.4 Å². The number of benzene rings is 2. The van der Waals surface area contributed by atoms with Gasteiger partial charge in [0.1, 0.15) is 0 Å². The van der Waals surface area contributed by atoms with Gasteiger partial charge in [0.25, 0.3) is 5.91 Å². The van der Waals surface area contributed by atoms with E-state index in [4.69, 9.17) is 11.6 Å². The highest BCUT2D eigenvalue weighted by molar-refractivity contribution is 6.30. The summed E-state index contributed by atoms with van der Waals surface area (Å²) in [5.41, 5.74) is 2.93. The highest BCUT2D eigenvalue weighted by Gasteiger charge is 2.24. The summed E-state index contributed by atoms with van der Waals surface area (Å²) in [6, 6.07) is 15.4. The van der Waals surface area contributed by atoms with E-state index in [1.54, 1.807) is 24.3 Å². The second kappa shape index (κ2) is 6.89. The first kappa shape index (κ1) is 16.2. The van der Waals surface area contributed by atoms with E-state index < -0.39 is 0 Å². The average Bonchev–Trinajstić information content (AvgIpc) is 3.06. The van der Waals surface area contributed by atoms with Crippen LogP contribution >= 0.6 is 11.6 Å². The van der Waals surface area contributed by atoms with Crippen molar-refractivity contribution in [2.24, 2.45) is 5.92 Å². The van der Waals surface area contributed by atoms with Crippen LogP contribution in [0.2, 0.25) is 5.02 Å². The van der Waals surface area contributed by atoms with Gasteiger partial charge >= 0.3 is 0 Å². The molecule has 4 rings (SSSR count). The van der Waals surface area contributed by atoms with Gasteiger partial charge in [-0.3, -0.25) is 4.79 Å². The summed E-state index contributed by atoms with van der Waals surface area (Å²) >= 11 is 5.90. The van der Waals surface area contributed by atoms with E-state index in [0.717, 1.165) is 38.0 Å². The third-order valence-electron chi connectivity index (χ3n) is 4.98. The fourth-order valence-electron chi connectivity index (χ4n) is 3.53. The Hall–Kier alpha value is -2.33. The summed E-state index contributed by atoms with van der Waals surface area (Å²) in [4.78, 5) is 19.0. The lowest BCUT2D eigenvalue weighted by atomic mass is 9.96. The number of halogens is 1. The second-order valence-electron chi connectivity index (χ2n) is 6.63. The number of likely N-dealkylation sites (tertiary alicyclic amines) is 1. The van der Waals surface area contributed by atoms with Crippen molar-refractivity contribution in [2.45, 2.75) is 19.4 Å². The highest BCUT2D eigenvalue weighted by atomic mass is 35.5. The Morgan fingerprint density at radius 1 is 1.08 bits per heavy atom. The van der Waals surface area contributed by atoms with Gasteiger partial charge in [-0.2, -0.15) is 0 Å². The molecule has 1 amide bonds. The van der Waals surface area contributed by atoms with Crippen LogP contribution in [0.15, 0.2) is 54.9 Å². The van der Waals surface area contributed by atoms with Gasteiger partial charge in [-0.1, -0.05) is 23.7 Å². The number of hydrogen-bond donors (Lipinski definition) is 0. The van der Waals surface area contributed by atoms with E-state index in [2.05, 4.69) is 15.6 Å². The summed E-state index contributed by atoms with van der Waals surface area (Å²) in [7, 11) is 0. The fraction of sp³-hybridized carbons (Fsp3) is 0.300. The normalized spacial score (nSPS) is 15.6. The summed E-state index contributed by atoms with van der Waals surface area (Å²) in [6.07, 6.45) is 3.97. The van der Waals surface area contributed by atoms with Gasteiger partial charge in [-0.05, 0) is 55.2 Å². The maximum atomic E-state index is 12.6. The molecule has 128 valence electrons. The lowest BCUT2D eigenvalue weighted by Gasteiger charge is -2.32. The zero-order chi connectivity index (χ0) is 17.2. The number of fused-ring (bicyclic) bond motifs is 1.